The molecule has 2 heterocycles. The van der Waals surface area contributed by atoms with Gasteiger partial charge in [0.15, 0.2) is 11.5 Å². The minimum Gasteiger partial charge on any atom is -0.436 e. The van der Waals surface area contributed by atoms with Gasteiger partial charge in [-0.25, -0.2) is 4.39 Å². The van der Waals surface area contributed by atoms with Crippen LogP contribution in [0.4, 0.5) is 4.39 Å². The first-order valence-corrected chi connectivity index (χ1v) is 7.40. The summed E-state index contributed by atoms with van der Waals surface area (Å²) in [4.78, 5) is 0. The molecule has 25 heavy (non-hydrogen) atoms. The molecule has 0 aliphatic heterocycles. The Bertz CT molecular complexity index is 1100. The number of hydrogen-bond acceptors (Lipinski definition) is 5. The second-order valence-electron chi connectivity index (χ2n) is 5.16. The number of ether oxygens (including phenoxy) is 1. The van der Waals surface area contributed by atoms with Crippen LogP contribution in [0.5, 0.6) is 11.6 Å². The Hall–Kier alpha value is -3.79. The van der Waals surface area contributed by atoms with Crippen molar-refractivity contribution in [2.75, 3.05) is 0 Å². The highest BCUT2D eigenvalue weighted by atomic mass is 19.1. The summed E-state index contributed by atoms with van der Waals surface area (Å²) in [7, 11) is 0. The van der Waals surface area contributed by atoms with Gasteiger partial charge in [-0.1, -0.05) is 36.4 Å². The molecule has 0 saturated heterocycles. The second kappa shape index (κ2) is 6.02. The van der Waals surface area contributed by atoms with E-state index in [2.05, 4.69) is 15.3 Å². The van der Waals surface area contributed by atoms with E-state index in [9.17, 15) is 4.39 Å². The highest BCUT2D eigenvalue weighted by molar-refractivity contribution is 5.58. The molecule has 2 aromatic heterocycles. The van der Waals surface area contributed by atoms with E-state index in [1.807, 2.05) is 30.3 Å². The van der Waals surface area contributed by atoms with Crippen LogP contribution < -0.4 is 4.74 Å². The molecule has 0 unspecified atom stereocenters. The Morgan fingerprint density at radius 2 is 1.80 bits per heavy atom. The van der Waals surface area contributed by atoms with Gasteiger partial charge in [0.05, 0.1) is 0 Å². The summed E-state index contributed by atoms with van der Waals surface area (Å²) in [6, 6.07) is 18.7. The van der Waals surface area contributed by atoms with Gasteiger partial charge >= 0.3 is 0 Å². The zero-order chi connectivity index (χ0) is 17.2. The van der Waals surface area contributed by atoms with E-state index >= 15 is 0 Å². The summed E-state index contributed by atoms with van der Waals surface area (Å²) >= 11 is 0. The zero-order valence-corrected chi connectivity index (χ0v) is 12.8. The lowest BCUT2D eigenvalue weighted by atomic mass is 10.2. The maximum Gasteiger partial charge on any atom is 0.237 e. The number of nitriles is 1. The lowest BCUT2D eigenvalue weighted by Gasteiger charge is -2.07. The van der Waals surface area contributed by atoms with E-state index in [4.69, 9.17) is 10.00 Å². The molecule has 0 amide bonds. The van der Waals surface area contributed by atoms with Gasteiger partial charge in [-0.2, -0.15) is 9.78 Å². The summed E-state index contributed by atoms with van der Waals surface area (Å²) in [6.45, 7) is 0. The Labute approximate surface area is 141 Å². The summed E-state index contributed by atoms with van der Waals surface area (Å²) < 4.78 is 20.8. The minimum absolute atomic E-state index is 0.101. The molecule has 0 atom stereocenters. The molecule has 0 aliphatic rings. The van der Waals surface area contributed by atoms with E-state index in [0.29, 0.717) is 11.5 Å². The topological polar surface area (TPSA) is 76.1 Å². The number of fused-ring (bicyclic) bond motifs is 1. The Kier molecular flexibility index (Phi) is 3.56. The average Bonchev–Trinajstić information content (AvgIpc) is 3.06. The van der Waals surface area contributed by atoms with Crippen LogP contribution in [0.15, 0.2) is 60.7 Å². The number of benzene rings is 2. The summed E-state index contributed by atoms with van der Waals surface area (Å²) in [5.74, 6) is 0.214. The van der Waals surface area contributed by atoms with Gasteiger partial charge in [-0.3, -0.25) is 0 Å². The SMILES string of the molecule is N#Cc1c(F)cccc1Oc1ccc2nnc(-c3ccccc3)n2n1. The number of nitrogens with zero attached hydrogens (tertiary/aromatic N) is 5. The summed E-state index contributed by atoms with van der Waals surface area (Å²) in [6.07, 6.45) is 0. The number of hydrogen-bond donors (Lipinski definition) is 0. The number of halogens is 1. The molecular weight excluding hydrogens is 321 g/mol. The molecule has 6 nitrogen and oxygen atoms in total. The smallest absolute Gasteiger partial charge is 0.237 e. The van der Waals surface area contributed by atoms with Crippen molar-refractivity contribution in [2.24, 2.45) is 0 Å². The van der Waals surface area contributed by atoms with Crippen LogP contribution in [0.25, 0.3) is 17.0 Å². The maximum atomic E-state index is 13.7. The van der Waals surface area contributed by atoms with Crippen molar-refractivity contribution >= 4 is 5.65 Å². The van der Waals surface area contributed by atoms with Crippen LogP contribution in [-0.2, 0) is 0 Å². The fourth-order valence-electron chi connectivity index (χ4n) is 2.40. The molecule has 0 aliphatic carbocycles. The molecule has 0 bridgehead atoms. The van der Waals surface area contributed by atoms with E-state index in [0.717, 1.165) is 5.56 Å². The van der Waals surface area contributed by atoms with Crippen LogP contribution in [0.3, 0.4) is 0 Å². The molecule has 7 heteroatoms. The quantitative estimate of drug-likeness (QED) is 0.573. The van der Waals surface area contributed by atoms with Crippen LogP contribution in [0.2, 0.25) is 0 Å². The average molecular weight is 331 g/mol. The van der Waals surface area contributed by atoms with Crippen LogP contribution in [-0.4, -0.2) is 19.8 Å². The third-order valence-electron chi connectivity index (χ3n) is 3.57. The third kappa shape index (κ3) is 2.66. The molecule has 4 aromatic rings. The van der Waals surface area contributed by atoms with Crippen LogP contribution >= 0.6 is 0 Å². The molecule has 0 N–H and O–H groups in total. The van der Waals surface area contributed by atoms with Crippen LogP contribution in [0.1, 0.15) is 5.56 Å². The first kappa shape index (κ1) is 14.8. The van der Waals surface area contributed by atoms with E-state index in [1.54, 1.807) is 18.2 Å². The molecule has 0 radical (unpaired) electrons. The maximum absolute atomic E-state index is 13.7. The molecular formula is C18H10FN5O. The fraction of sp³-hybridized carbons (Fsp3) is 0. The van der Waals surface area contributed by atoms with Crippen molar-refractivity contribution in [3.05, 3.63) is 72.0 Å². The predicted molar refractivity (Wildman–Crippen MR) is 87.4 cm³/mol. The van der Waals surface area contributed by atoms with Crippen LogP contribution in [0, 0.1) is 17.1 Å². The highest BCUT2D eigenvalue weighted by Crippen LogP contribution is 2.26. The largest absolute Gasteiger partial charge is 0.436 e. The molecule has 120 valence electrons. The van der Waals surface area contributed by atoms with Gasteiger partial charge < -0.3 is 4.74 Å². The standard InChI is InChI=1S/C18H10FN5O/c19-14-7-4-8-15(13(14)11-20)25-17-10-9-16-21-22-18(24(16)23-17)12-5-2-1-3-6-12/h1-10H. The van der Waals surface area contributed by atoms with Gasteiger partial charge in [-0.05, 0) is 18.2 Å². The van der Waals surface area contributed by atoms with E-state index in [1.165, 1.54) is 22.7 Å². The van der Waals surface area contributed by atoms with Crippen molar-refractivity contribution in [1.29, 1.82) is 5.26 Å². The van der Waals surface area contributed by atoms with Gasteiger partial charge in [-0.15, -0.1) is 15.3 Å². The van der Waals surface area contributed by atoms with Crippen molar-refractivity contribution in [1.82, 2.24) is 19.8 Å². The number of aromatic nitrogens is 4. The van der Waals surface area contributed by atoms with Crippen molar-refractivity contribution in [2.45, 2.75) is 0 Å². The third-order valence-corrected chi connectivity index (χ3v) is 3.57. The van der Waals surface area contributed by atoms with Crippen molar-refractivity contribution < 1.29 is 9.13 Å². The highest BCUT2D eigenvalue weighted by Gasteiger charge is 2.13. The zero-order valence-electron chi connectivity index (χ0n) is 12.8. The van der Waals surface area contributed by atoms with Crippen molar-refractivity contribution in [3.63, 3.8) is 0 Å². The lowest BCUT2D eigenvalue weighted by molar-refractivity contribution is 0.446. The molecule has 0 fully saturated rings. The monoisotopic (exact) mass is 331 g/mol. The fourth-order valence-corrected chi connectivity index (χ4v) is 2.40. The second-order valence-corrected chi connectivity index (χ2v) is 5.16. The minimum atomic E-state index is -0.643. The van der Waals surface area contributed by atoms with E-state index in [-0.39, 0.29) is 17.2 Å². The normalized spacial score (nSPS) is 10.6. The van der Waals surface area contributed by atoms with Gasteiger partial charge in [0.2, 0.25) is 5.88 Å². The molecule has 0 spiro atoms. The Morgan fingerprint density at radius 3 is 2.60 bits per heavy atom. The number of rotatable bonds is 3. The van der Waals surface area contributed by atoms with Gasteiger partial charge in [0, 0.05) is 11.6 Å². The first-order chi connectivity index (χ1) is 12.3. The molecule has 0 saturated carbocycles. The summed E-state index contributed by atoms with van der Waals surface area (Å²) in [5, 5.41) is 21.7. The molecule has 4 rings (SSSR count). The van der Waals surface area contributed by atoms with Gasteiger partial charge in [0.25, 0.3) is 0 Å². The first-order valence-electron chi connectivity index (χ1n) is 7.40. The summed E-state index contributed by atoms with van der Waals surface area (Å²) in [5.41, 5.74) is 1.23. The van der Waals surface area contributed by atoms with Gasteiger partial charge in [0.1, 0.15) is 23.2 Å². The Morgan fingerprint density at radius 1 is 0.960 bits per heavy atom. The lowest BCUT2D eigenvalue weighted by Crippen LogP contribution is -1.99. The van der Waals surface area contributed by atoms with Crippen molar-refractivity contribution in [3.8, 4) is 29.1 Å². The molecule has 2 aromatic carbocycles. The predicted octanol–water partition coefficient (Wildman–Crippen LogP) is 3.59. The Balaban J connectivity index is 1.78. The van der Waals surface area contributed by atoms with E-state index < -0.39 is 5.82 Å².